The summed E-state index contributed by atoms with van der Waals surface area (Å²) in [5.74, 6) is 1.15. The van der Waals surface area contributed by atoms with Crippen LogP contribution in [0, 0.1) is 5.92 Å². The summed E-state index contributed by atoms with van der Waals surface area (Å²) in [6.07, 6.45) is 3.04. The Bertz CT molecular complexity index is 268. The molecular weight excluding hydrogens is 226 g/mol. The summed E-state index contributed by atoms with van der Waals surface area (Å²) in [7, 11) is 0. The lowest BCUT2D eigenvalue weighted by Gasteiger charge is -2.35. The van der Waals surface area contributed by atoms with Crippen LogP contribution in [0.3, 0.4) is 0 Å². The smallest absolute Gasteiger partial charge is 0.224 e. The van der Waals surface area contributed by atoms with Crippen molar-refractivity contribution in [3.63, 3.8) is 0 Å². The maximum absolute atomic E-state index is 12.2. The zero-order valence-corrected chi connectivity index (χ0v) is 11.8. The minimum Gasteiger partial charge on any atom is -0.343 e. The van der Waals surface area contributed by atoms with Gasteiger partial charge in [0.05, 0.1) is 0 Å². The van der Waals surface area contributed by atoms with Crippen molar-refractivity contribution in [3.8, 4) is 0 Å². The first-order valence-corrected chi connectivity index (χ1v) is 7.39. The molecule has 0 spiro atoms. The normalized spacial score (nSPS) is 25.1. The van der Waals surface area contributed by atoms with Crippen molar-refractivity contribution in [2.45, 2.75) is 39.2 Å². The number of nitrogens with one attached hydrogen (secondary N) is 1. The van der Waals surface area contributed by atoms with Crippen molar-refractivity contribution in [2.75, 3.05) is 39.3 Å². The van der Waals surface area contributed by atoms with E-state index in [1.165, 1.54) is 12.8 Å². The van der Waals surface area contributed by atoms with Gasteiger partial charge in [0.2, 0.25) is 5.91 Å². The topological polar surface area (TPSA) is 35.6 Å². The molecule has 2 aliphatic heterocycles. The second-order valence-electron chi connectivity index (χ2n) is 5.90. The Balaban J connectivity index is 1.75. The number of hydrogen-bond acceptors (Lipinski definition) is 3. The molecule has 0 aromatic heterocycles. The Morgan fingerprint density at radius 2 is 1.83 bits per heavy atom. The molecule has 4 heteroatoms. The molecule has 1 unspecified atom stereocenters. The third-order valence-corrected chi connectivity index (χ3v) is 4.38. The van der Waals surface area contributed by atoms with Crippen LogP contribution in [0.1, 0.15) is 33.1 Å². The van der Waals surface area contributed by atoms with E-state index < -0.39 is 0 Å². The predicted molar refractivity (Wildman–Crippen MR) is 73.5 cm³/mol. The van der Waals surface area contributed by atoms with Gasteiger partial charge < -0.3 is 10.2 Å². The number of piperazine rings is 1. The summed E-state index contributed by atoms with van der Waals surface area (Å²) in [6, 6.07) is 0.388. The maximum Gasteiger partial charge on any atom is 0.224 e. The first-order valence-electron chi connectivity index (χ1n) is 7.39. The quantitative estimate of drug-likeness (QED) is 0.813. The van der Waals surface area contributed by atoms with Gasteiger partial charge in [-0.25, -0.2) is 0 Å². The van der Waals surface area contributed by atoms with E-state index in [1.807, 2.05) is 0 Å². The van der Waals surface area contributed by atoms with Crippen molar-refractivity contribution in [1.29, 1.82) is 0 Å². The van der Waals surface area contributed by atoms with Gasteiger partial charge in [-0.3, -0.25) is 9.69 Å². The SMILES string of the molecule is CC1CCN(C(=O)CC(C)N2CCNCC2)CC1. The average Bonchev–Trinajstić information content (AvgIpc) is 2.40. The fourth-order valence-corrected chi connectivity index (χ4v) is 2.89. The fraction of sp³-hybridized carbons (Fsp3) is 0.929. The van der Waals surface area contributed by atoms with E-state index in [1.54, 1.807) is 0 Å². The van der Waals surface area contributed by atoms with Crippen molar-refractivity contribution < 1.29 is 4.79 Å². The number of carbonyl (C=O) groups excluding carboxylic acids is 1. The minimum atomic E-state index is 0.355. The number of carbonyl (C=O) groups is 1. The van der Waals surface area contributed by atoms with Crippen LogP contribution in [0.15, 0.2) is 0 Å². The van der Waals surface area contributed by atoms with E-state index in [2.05, 4.69) is 29.0 Å². The average molecular weight is 253 g/mol. The van der Waals surface area contributed by atoms with E-state index in [-0.39, 0.29) is 0 Å². The van der Waals surface area contributed by atoms with E-state index in [0.29, 0.717) is 18.4 Å². The van der Waals surface area contributed by atoms with Crippen LogP contribution >= 0.6 is 0 Å². The second-order valence-corrected chi connectivity index (χ2v) is 5.90. The van der Waals surface area contributed by atoms with Crippen LogP contribution in [0.2, 0.25) is 0 Å². The summed E-state index contributed by atoms with van der Waals surface area (Å²) in [4.78, 5) is 16.7. The highest BCUT2D eigenvalue weighted by Gasteiger charge is 2.24. The van der Waals surface area contributed by atoms with Gasteiger partial charge in [0.1, 0.15) is 0 Å². The van der Waals surface area contributed by atoms with Crippen molar-refractivity contribution in [3.05, 3.63) is 0 Å². The van der Waals surface area contributed by atoms with Gasteiger partial charge in [0.25, 0.3) is 0 Å². The molecular formula is C14H27N3O. The fourth-order valence-electron chi connectivity index (χ4n) is 2.89. The summed E-state index contributed by atoms with van der Waals surface area (Å²) in [6.45, 7) is 10.7. The molecule has 1 atom stereocenters. The molecule has 0 aromatic carbocycles. The van der Waals surface area contributed by atoms with Crippen LogP contribution in [0.4, 0.5) is 0 Å². The molecule has 2 fully saturated rings. The molecule has 0 radical (unpaired) electrons. The monoisotopic (exact) mass is 253 g/mol. The van der Waals surface area contributed by atoms with Crippen molar-refractivity contribution in [2.24, 2.45) is 5.92 Å². The molecule has 1 N–H and O–H groups in total. The van der Waals surface area contributed by atoms with E-state index >= 15 is 0 Å². The Morgan fingerprint density at radius 3 is 2.44 bits per heavy atom. The van der Waals surface area contributed by atoms with E-state index in [0.717, 1.165) is 45.2 Å². The number of likely N-dealkylation sites (tertiary alicyclic amines) is 1. The van der Waals surface area contributed by atoms with Crippen molar-refractivity contribution >= 4 is 5.91 Å². The summed E-state index contributed by atoms with van der Waals surface area (Å²) >= 11 is 0. The third-order valence-electron chi connectivity index (χ3n) is 4.38. The van der Waals surface area contributed by atoms with E-state index in [9.17, 15) is 4.79 Å². The lowest BCUT2D eigenvalue weighted by atomic mass is 9.98. The molecule has 0 aromatic rings. The molecule has 2 heterocycles. The second kappa shape index (κ2) is 6.53. The number of rotatable bonds is 3. The molecule has 18 heavy (non-hydrogen) atoms. The summed E-state index contributed by atoms with van der Waals surface area (Å²) in [5.41, 5.74) is 0. The van der Waals surface area contributed by atoms with Gasteiger partial charge in [-0.15, -0.1) is 0 Å². The van der Waals surface area contributed by atoms with Crippen LogP contribution in [0.25, 0.3) is 0 Å². The largest absolute Gasteiger partial charge is 0.343 e. The van der Waals surface area contributed by atoms with Gasteiger partial charge >= 0.3 is 0 Å². The number of hydrogen-bond donors (Lipinski definition) is 1. The molecule has 2 saturated heterocycles. The third kappa shape index (κ3) is 3.69. The van der Waals surface area contributed by atoms with Gasteiger partial charge in [0, 0.05) is 51.7 Å². The van der Waals surface area contributed by atoms with Gasteiger partial charge in [-0.1, -0.05) is 6.92 Å². The Kier molecular flexibility index (Phi) is 5.01. The number of amides is 1. The molecule has 2 rings (SSSR count). The summed E-state index contributed by atoms with van der Waals surface area (Å²) < 4.78 is 0. The zero-order valence-electron chi connectivity index (χ0n) is 11.8. The molecule has 104 valence electrons. The highest BCUT2D eigenvalue weighted by Crippen LogP contribution is 2.17. The van der Waals surface area contributed by atoms with Crippen LogP contribution in [-0.2, 0) is 4.79 Å². The molecule has 0 aliphatic carbocycles. The van der Waals surface area contributed by atoms with Gasteiger partial charge in [-0.2, -0.15) is 0 Å². The highest BCUT2D eigenvalue weighted by atomic mass is 16.2. The highest BCUT2D eigenvalue weighted by molar-refractivity contribution is 5.76. The van der Waals surface area contributed by atoms with E-state index in [4.69, 9.17) is 0 Å². The van der Waals surface area contributed by atoms with Gasteiger partial charge in [-0.05, 0) is 25.7 Å². The molecule has 1 amide bonds. The molecule has 2 aliphatic rings. The van der Waals surface area contributed by atoms with Gasteiger partial charge in [0.15, 0.2) is 0 Å². The zero-order chi connectivity index (χ0) is 13.0. The number of nitrogens with zero attached hydrogens (tertiary/aromatic N) is 2. The maximum atomic E-state index is 12.2. The standard InChI is InChI=1S/C14H27N3O/c1-12-3-7-17(8-4-12)14(18)11-13(2)16-9-5-15-6-10-16/h12-13,15H,3-11H2,1-2H3. The predicted octanol–water partition coefficient (Wildman–Crippen LogP) is 0.929. The lowest BCUT2D eigenvalue weighted by molar-refractivity contribution is -0.133. The summed E-state index contributed by atoms with van der Waals surface area (Å²) in [5, 5.41) is 3.35. The minimum absolute atomic E-state index is 0.355. The van der Waals surface area contributed by atoms with Crippen LogP contribution < -0.4 is 5.32 Å². The molecule has 4 nitrogen and oxygen atoms in total. The first-order chi connectivity index (χ1) is 8.66. The number of piperidine rings is 1. The first kappa shape index (κ1) is 13.8. The lowest BCUT2D eigenvalue weighted by Crippen LogP contribution is -2.49. The van der Waals surface area contributed by atoms with Crippen LogP contribution in [-0.4, -0.2) is 61.0 Å². The van der Waals surface area contributed by atoms with Crippen LogP contribution in [0.5, 0.6) is 0 Å². The molecule has 0 saturated carbocycles. The molecule has 0 bridgehead atoms. The Labute approximate surface area is 111 Å². The van der Waals surface area contributed by atoms with Crippen molar-refractivity contribution in [1.82, 2.24) is 15.1 Å². The Morgan fingerprint density at radius 1 is 1.22 bits per heavy atom. The Hall–Kier alpha value is -0.610.